The molecule has 0 aliphatic rings. The van der Waals surface area contributed by atoms with E-state index in [1.165, 1.54) is 5.56 Å². The molecule has 0 amide bonds. The minimum absolute atomic E-state index is 0.427. The molecule has 0 bridgehead atoms. The number of benzene rings is 2. The molecular formula is C20H19N5OS. The smallest absolute Gasteiger partial charge is 0.234 e. The van der Waals surface area contributed by atoms with Crippen molar-refractivity contribution in [3.8, 4) is 0 Å². The van der Waals surface area contributed by atoms with Crippen LogP contribution in [0.1, 0.15) is 28.9 Å². The lowest BCUT2D eigenvalue weighted by Gasteiger charge is -2.01. The molecule has 0 aliphatic heterocycles. The highest BCUT2D eigenvalue weighted by atomic mass is 32.1. The van der Waals surface area contributed by atoms with Gasteiger partial charge >= 0.3 is 0 Å². The van der Waals surface area contributed by atoms with Crippen molar-refractivity contribution in [1.29, 1.82) is 0 Å². The quantitative estimate of drug-likeness (QED) is 0.279. The van der Waals surface area contributed by atoms with Gasteiger partial charge in [0.25, 0.3) is 0 Å². The van der Waals surface area contributed by atoms with Gasteiger partial charge in [-0.1, -0.05) is 77.2 Å². The molecule has 0 radical (unpaired) electrons. The molecule has 0 unspecified atom stereocenters. The molecule has 4 rings (SSSR count). The minimum atomic E-state index is 0.427. The van der Waals surface area contributed by atoms with Crippen LogP contribution in [0.4, 0.5) is 0 Å². The second-order valence-electron chi connectivity index (χ2n) is 6.09. The Hall–Kier alpha value is -3.06. The molecule has 0 spiro atoms. The number of rotatable bonds is 7. The van der Waals surface area contributed by atoms with E-state index in [9.17, 15) is 0 Å². The largest absolute Gasteiger partial charge is 0.395 e. The van der Waals surface area contributed by atoms with Crippen LogP contribution in [0.2, 0.25) is 0 Å². The van der Waals surface area contributed by atoms with E-state index >= 15 is 0 Å². The Balaban J connectivity index is 1.38. The summed E-state index contributed by atoms with van der Waals surface area (Å²) in [7, 11) is 0. The molecule has 0 saturated heterocycles. The average molecular weight is 377 g/mol. The number of hydrogen-bond donors (Lipinski definition) is 0. The summed E-state index contributed by atoms with van der Waals surface area (Å²) in [6.07, 6.45) is 1.40. The molecule has 2 aromatic carbocycles. The van der Waals surface area contributed by atoms with Gasteiger partial charge in [0, 0.05) is 12.8 Å². The molecule has 0 fully saturated rings. The number of hydrogen-bond acceptors (Lipinski definition) is 6. The van der Waals surface area contributed by atoms with Gasteiger partial charge in [0.1, 0.15) is 11.6 Å². The van der Waals surface area contributed by atoms with Crippen LogP contribution in [0.3, 0.4) is 0 Å². The van der Waals surface area contributed by atoms with Crippen LogP contribution in [-0.2, 0) is 17.7 Å². The van der Waals surface area contributed by atoms with Crippen molar-refractivity contribution in [1.82, 2.24) is 19.8 Å². The van der Waals surface area contributed by atoms with Gasteiger partial charge in [-0.2, -0.15) is 9.61 Å². The molecule has 0 N–H and O–H groups in total. The molecule has 4 aromatic rings. The maximum atomic E-state index is 5.46. The number of nitrogens with zero attached hydrogens (tertiary/aromatic N) is 5. The van der Waals surface area contributed by atoms with Crippen molar-refractivity contribution in [3.05, 3.63) is 82.6 Å². The molecule has 2 aromatic heterocycles. The van der Waals surface area contributed by atoms with Crippen molar-refractivity contribution in [3.63, 3.8) is 0 Å². The van der Waals surface area contributed by atoms with Crippen LogP contribution in [0.15, 0.2) is 65.8 Å². The number of oxime groups is 1. The van der Waals surface area contributed by atoms with Crippen molar-refractivity contribution in [2.45, 2.75) is 19.8 Å². The Morgan fingerprint density at radius 3 is 2.56 bits per heavy atom. The predicted octanol–water partition coefficient (Wildman–Crippen LogP) is 3.76. The van der Waals surface area contributed by atoms with E-state index in [-0.39, 0.29) is 0 Å². The standard InChI is InChI=1S/C20H19N5OS/c1-15(17-10-6-3-7-11-17)24-26-13-12-18-21-22-20-25(18)23-19(27-20)14-16-8-4-2-5-9-16/h2-11H,12-14H2,1H3/b24-15+. The SMILES string of the molecule is C/C(=N\OCCc1nnc2sc(Cc3ccccc3)nn12)c1ccccc1. The minimum Gasteiger partial charge on any atom is -0.395 e. The van der Waals surface area contributed by atoms with E-state index in [2.05, 4.69) is 32.6 Å². The highest BCUT2D eigenvalue weighted by Gasteiger charge is 2.12. The summed E-state index contributed by atoms with van der Waals surface area (Å²) in [6, 6.07) is 20.3. The fraction of sp³-hybridized carbons (Fsp3) is 0.200. The third-order valence-corrected chi connectivity index (χ3v) is 5.00. The Labute approximate surface area is 161 Å². The summed E-state index contributed by atoms with van der Waals surface area (Å²) in [4.78, 5) is 6.26. The number of aromatic nitrogens is 4. The molecule has 6 nitrogen and oxygen atoms in total. The molecule has 27 heavy (non-hydrogen) atoms. The highest BCUT2D eigenvalue weighted by molar-refractivity contribution is 7.16. The maximum absolute atomic E-state index is 5.46. The van der Waals surface area contributed by atoms with Gasteiger partial charge in [-0.3, -0.25) is 0 Å². The molecule has 136 valence electrons. The number of fused-ring (bicyclic) bond motifs is 1. The lowest BCUT2D eigenvalue weighted by Crippen LogP contribution is -2.03. The summed E-state index contributed by atoms with van der Waals surface area (Å²) in [6.45, 7) is 2.36. The zero-order valence-electron chi connectivity index (χ0n) is 14.9. The van der Waals surface area contributed by atoms with E-state index in [4.69, 9.17) is 4.84 Å². The molecule has 7 heteroatoms. The molecule has 0 saturated carbocycles. The van der Waals surface area contributed by atoms with Crippen molar-refractivity contribution >= 4 is 22.0 Å². The van der Waals surface area contributed by atoms with Crippen LogP contribution in [0.25, 0.3) is 4.96 Å². The first-order valence-corrected chi connectivity index (χ1v) is 9.57. The topological polar surface area (TPSA) is 64.7 Å². The van der Waals surface area contributed by atoms with Crippen molar-refractivity contribution < 1.29 is 4.84 Å². The van der Waals surface area contributed by atoms with Crippen LogP contribution < -0.4 is 0 Å². The van der Waals surface area contributed by atoms with Gasteiger partial charge in [0.2, 0.25) is 4.96 Å². The highest BCUT2D eigenvalue weighted by Crippen LogP contribution is 2.17. The molecular weight excluding hydrogens is 358 g/mol. The lowest BCUT2D eigenvalue weighted by atomic mass is 10.1. The Morgan fingerprint density at radius 2 is 1.78 bits per heavy atom. The van der Waals surface area contributed by atoms with Gasteiger partial charge in [-0.05, 0) is 18.1 Å². The summed E-state index contributed by atoms with van der Waals surface area (Å²) >= 11 is 1.56. The van der Waals surface area contributed by atoms with Gasteiger partial charge in [0.15, 0.2) is 5.82 Å². The van der Waals surface area contributed by atoms with Crippen molar-refractivity contribution in [2.75, 3.05) is 6.61 Å². The van der Waals surface area contributed by atoms with Crippen molar-refractivity contribution in [2.24, 2.45) is 5.16 Å². The fourth-order valence-electron chi connectivity index (χ4n) is 2.71. The third-order valence-electron chi connectivity index (χ3n) is 4.11. The van der Waals surface area contributed by atoms with Crippen LogP contribution in [0, 0.1) is 0 Å². The van der Waals surface area contributed by atoms with Gasteiger partial charge in [0.05, 0.1) is 5.71 Å². The Bertz CT molecular complexity index is 1040. The fourth-order valence-corrected chi connectivity index (χ4v) is 3.59. The summed E-state index contributed by atoms with van der Waals surface area (Å²) < 4.78 is 1.81. The average Bonchev–Trinajstić information content (AvgIpc) is 3.27. The lowest BCUT2D eigenvalue weighted by molar-refractivity contribution is 0.146. The monoisotopic (exact) mass is 377 g/mol. The summed E-state index contributed by atoms with van der Waals surface area (Å²) in [5, 5.41) is 18.3. The normalized spacial score (nSPS) is 11.8. The van der Waals surface area contributed by atoms with E-state index in [0.717, 1.165) is 33.5 Å². The first-order valence-electron chi connectivity index (χ1n) is 8.75. The summed E-state index contributed by atoms with van der Waals surface area (Å²) in [5.74, 6) is 0.785. The Kier molecular flexibility index (Phi) is 5.20. The van der Waals surface area contributed by atoms with E-state index in [0.29, 0.717) is 13.0 Å². The zero-order chi connectivity index (χ0) is 18.5. The zero-order valence-corrected chi connectivity index (χ0v) is 15.8. The van der Waals surface area contributed by atoms with Gasteiger partial charge in [-0.15, -0.1) is 10.2 Å². The molecule has 0 atom stereocenters. The molecule has 0 aliphatic carbocycles. The predicted molar refractivity (Wildman–Crippen MR) is 106 cm³/mol. The summed E-state index contributed by atoms with van der Waals surface area (Å²) in [5.41, 5.74) is 3.13. The molecule has 2 heterocycles. The van der Waals surface area contributed by atoms with Crippen LogP contribution in [0.5, 0.6) is 0 Å². The van der Waals surface area contributed by atoms with Gasteiger partial charge < -0.3 is 4.84 Å². The first kappa shape index (κ1) is 17.4. The first-order chi connectivity index (χ1) is 13.3. The Morgan fingerprint density at radius 1 is 1.04 bits per heavy atom. The second kappa shape index (κ2) is 8.09. The van der Waals surface area contributed by atoms with E-state index in [1.54, 1.807) is 15.9 Å². The van der Waals surface area contributed by atoms with Gasteiger partial charge in [-0.25, -0.2) is 0 Å². The van der Waals surface area contributed by atoms with Crippen LogP contribution >= 0.6 is 11.3 Å². The van der Waals surface area contributed by atoms with E-state index < -0.39 is 0 Å². The van der Waals surface area contributed by atoms with E-state index in [1.807, 2.05) is 55.5 Å². The third kappa shape index (κ3) is 4.20. The van der Waals surface area contributed by atoms with Crippen LogP contribution in [-0.4, -0.2) is 32.1 Å². The maximum Gasteiger partial charge on any atom is 0.234 e. The second-order valence-corrected chi connectivity index (χ2v) is 7.14.